The molecule has 0 aliphatic carbocycles. The van der Waals surface area contributed by atoms with E-state index in [0.29, 0.717) is 5.52 Å². The summed E-state index contributed by atoms with van der Waals surface area (Å²) in [5.41, 5.74) is -0.477. The number of hydrogen-bond donors (Lipinski definition) is 2. The van der Waals surface area contributed by atoms with Gasteiger partial charge in [0.25, 0.3) is 0 Å². The molecule has 0 fully saturated rings. The first-order valence-electron chi connectivity index (χ1n) is 6.43. The number of imidazole rings is 1. The van der Waals surface area contributed by atoms with Gasteiger partial charge in [0.05, 0.1) is 27.8 Å². The topological polar surface area (TPSA) is 75.1 Å². The molecule has 8 heteroatoms. The van der Waals surface area contributed by atoms with Gasteiger partial charge in [0, 0.05) is 0 Å². The molecule has 118 valence electrons. The molecule has 5 nitrogen and oxygen atoms in total. The van der Waals surface area contributed by atoms with Crippen LogP contribution in [0.25, 0.3) is 16.7 Å². The predicted octanol–water partition coefficient (Wildman–Crippen LogP) is 3.04. The molecule has 2 N–H and O–H groups in total. The maximum Gasteiger partial charge on any atom is 0.416 e. The Hall–Kier alpha value is -3.03. The fraction of sp³-hybridized carbons (Fsp3) is 0.0667. The van der Waals surface area contributed by atoms with E-state index >= 15 is 0 Å². The van der Waals surface area contributed by atoms with Crippen molar-refractivity contribution in [2.45, 2.75) is 6.18 Å². The normalized spacial score (nSPS) is 11.8. The second-order valence-corrected chi connectivity index (χ2v) is 4.85. The first-order valence-corrected chi connectivity index (χ1v) is 6.43. The number of aromatic amines is 1. The van der Waals surface area contributed by atoms with Crippen molar-refractivity contribution < 1.29 is 23.1 Å². The predicted molar refractivity (Wildman–Crippen MR) is 75.9 cm³/mol. The van der Waals surface area contributed by atoms with Crippen molar-refractivity contribution in [1.29, 1.82) is 0 Å². The van der Waals surface area contributed by atoms with Gasteiger partial charge in [-0.3, -0.25) is 4.57 Å². The fourth-order valence-electron chi connectivity index (χ4n) is 2.30. The molecule has 0 atom stereocenters. The number of hydrogen-bond acceptors (Lipinski definition) is 2. The van der Waals surface area contributed by atoms with E-state index < -0.39 is 23.4 Å². The van der Waals surface area contributed by atoms with Gasteiger partial charge in [-0.25, -0.2) is 9.59 Å². The average Bonchev–Trinajstić information content (AvgIpc) is 2.81. The first-order chi connectivity index (χ1) is 10.8. The standard InChI is InChI=1S/C15H9F3N2O3/c16-15(17,18)9-2-4-10(5-3-9)20-12-6-1-8(13(21)22)7-11(12)19-14(20)23/h1-7H,(H,19,23)(H,21,22). The number of alkyl halides is 3. The number of rotatable bonds is 2. The zero-order chi connectivity index (χ0) is 16.8. The number of halogens is 3. The number of carbonyl (C=O) groups is 1. The first kappa shape index (κ1) is 14.9. The van der Waals surface area contributed by atoms with Crippen molar-refractivity contribution in [3.05, 3.63) is 64.1 Å². The van der Waals surface area contributed by atoms with Crippen molar-refractivity contribution in [2.75, 3.05) is 0 Å². The van der Waals surface area contributed by atoms with Crippen LogP contribution in [-0.4, -0.2) is 20.6 Å². The SMILES string of the molecule is O=C(O)c1ccc2c(c1)[nH]c(=O)n2-c1ccc(C(F)(F)F)cc1. The molecule has 0 saturated carbocycles. The minimum atomic E-state index is -4.46. The van der Waals surface area contributed by atoms with Gasteiger partial charge >= 0.3 is 17.8 Å². The molecule has 3 aromatic rings. The molecule has 3 rings (SSSR count). The largest absolute Gasteiger partial charge is 0.478 e. The number of nitrogens with one attached hydrogen (secondary N) is 1. The van der Waals surface area contributed by atoms with Crippen molar-refractivity contribution in [2.24, 2.45) is 0 Å². The zero-order valence-electron chi connectivity index (χ0n) is 11.4. The molecule has 0 saturated heterocycles. The molecule has 0 aliphatic rings. The molecule has 1 heterocycles. The van der Waals surface area contributed by atoms with Gasteiger partial charge in [-0.15, -0.1) is 0 Å². The van der Waals surface area contributed by atoms with E-state index in [4.69, 9.17) is 5.11 Å². The van der Waals surface area contributed by atoms with Crippen LogP contribution in [0.2, 0.25) is 0 Å². The average molecular weight is 322 g/mol. The lowest BCUT2D eigenvalue weighted by Gasteiger charge is -2.08. The summed E-state index contributed by atoms with van der Waals surface area (Å²) in [6.07, 6.45) is -4.46. The van der Waals surface area contributed by atoms with Crippen LogP contribution in [0.4, 0.5) is 13.2 Å². The van der Waals surface area contributed by atoms with Gasteiger partial charge < -0.3 is 10.1 Å². The van der Waals surface area contributed by atoms with Crippen molar-refractivity contribution in [3.63, 3.8) is 0 Å². The van der Waals surface area contributed by atoms with Gasteiger partial charge in [0.15, 0.2) is 0 Å². The highest BCUT2D eigenvalue weighted by Gasteiger charge is 2.30. The molecule has 0 bridgehead atoms. The summed E-state index contributed by atoms with van der Waals surface area (Å²) in [7, 11) is 0. The fourth-order valence-corrected chi connectivity index (χ4v) is 2.30. The number of aromatic carboxylic acids is 1. The Bertz CT molecular complexity index is 953. The Labute approximate surface area is 126 Å². The summed E-state index contributed by atoms with van der Waals surface area (Å²) in [5, 5.41) is 8.94. The smallest absolute Gasteiger partial charge is 0.416 e. The van der Waals surface area contributed by atoms with Gasteiger partial charge in [0.2, 0.25) is 0 Å². The van der Waals surface area contributed by atoms with E-state index in [9.17, 15) is 22.8 Å². The quantitative estimate of drug-likeness (QED) is 0.761. The van der Waals surface area contributed by atoms with Gasteiger partial charge in [-0.2, -0.15) is 13.2 Å². The minimum absolute atomic E-state index is 0.00156. The van der Waals surface area contributed by atoms with Crippen molar-refractivity contribution in [3.8, 4) is 5.69 Å². The summed E-state index contributed by atoms with van der Waals surface area (Å²) >= 11 is 0. The summed E-state index contributed by atoms with van der Waals surface area (Å²) in [6.45, 7) is 0. The van der Waals surface area contributed by atoms with E-state index in [1.807, 2.05) is 0 Å². The Kier molecular flexibility index (Phi) is 3.24. The van der Waals surface area contributed by atoms with E-state index in [2.05, 4.69) is 4.98 Å². The lowest BCUT2D eigenvalue weighted by atomic mass is 10.2. The highest BCUT2D eigenvalue weighted by molar-refractivity contribution is 5.92. The molecule has 0 radical (unpaired) electrons. The van der Waals surface area contributed by atoms with Crippen LogP contribution in [-0.2, 0) is 6.18 Å². The van der Waals surface area contributed by atoms with Crippen LogP contribution >= 0.6 is 0 Å². The second-order valence-electron chi connectivity index (χ2n) is 4.85. The monoisotopic (exact) mass is 322 g/mol. The number of nitrogens with zero attached hydrogens (tertiary/aromatic N) is 1. The Morgan fingerprint density at radius 2 is 1.74 bits per heavy atom. The third-order valence-corrected chi connectivity index (χ3v) is 3.38. The highest BCUT2D eigenvalue weighted by Crippen LogP contribution is 2.29. The lowest BCUT2D eigenvalue weighted by molar-refractivity contribution is -0.137. The molecule has 23 heavy (non-hydrogen) atoms. The second kappa shape index (κ2) is 5.01. The Morgan fingerprint density at radius 3 is 2.30 bits per heavy atom. The molecule has 0 amide bonds. The van der Waals surface area contributed by atoms with E-state index in [0.717, 1.165) is 12.1 Å². The number of fused-ring (bicyclic) bond motifs is 1. The molecule has 2 aromatic carbocycles. The van der Waals surface area contributed by atoms with Gasteiger partial charge in [0.1, 0.15) is 0 Å². The van der Waals surface area contributed by atoms with Crippen LogP contribution in [0.3, 0.4) is 0 Å². The lowest BCUT2D eigenvalue weighted by Crippen LogP contribution is -2.15. The Balaban J connectivity index is 2.15. The molecule has 0 spiro atoms. The highest BCUT2D eigenvalue weighted by atomic mass is 19.4. The summed E-state index contributed by atoms with van der Waals surface area (Å²) < 4.78 is 38.9. The third kappa shape index (κ3) is 2.59. The van der Waals surface area contributed by atoms with Gasteiger partial charge in [-0.1, -0.05) is 0 Å². The number of benzene rings is 2. The number of carboxylic acids is 1. The molecular weight excluding hydrogens is 313 g/mol. The summed E-state index contributed by atoms with van der Waals surface area (Å²) in [5.74, 6) is -1.14. The summed E-state index contributed by atoms with van der Waals surface area (Å²) in [4.78, 5) is 25.5. The molecule has 1 aromatic heterocycles. The van der Waals surface area contributed by atoms with E-state index in [-0.39, 0.29) is 16.8 Å². The number of carboxylic acid groups (broad SMARTS) is 1. The van der Waals surface area contributed by atoms with Crippen LogP contribution < -0.4 is 5.69 Å². The third-order valence-electron chi connectivity index (χ3n) is 3.38. The maximum absolute atomic E-state index is 12.6. The van der Waals surface area contributed by atoms with Crippen LogP contribution in [0.5, 0.6) is 0 Å². The molecular formula is C15H9F3N2O3. The Morgan fingerprint density at radius 1 is 1.09 bits per heavy atom. The van der Waals surface area contributed by atoms with E-state index in [1.54, 1.807) is 0 Å². The van der Waals surface area contributed by atoms with E-state index in [1.165, 1.54) is 34.9 Å². The summed E-state index contributed by atoms with van der Waals surface area (Å²) in [6, 6.07) is 8.16. The van der Waals surface area contributed by atoms with Crippen molar-refractivity contribution >= 4 is 17.0 Å². The number of H-pyrrole nitrogens is 1. The van der Waals surface area contributed by atoms with Crippen molar-refractivity contribution in [1.82, 2.24) is 9.55 Å². The molecule has 0 unspecified atom stereocenters. The zero-order valence-corrected chi connectivity index (χ0v) is 11.4. The van der Waals surface area contributed by atoms with Crippen LogP contribution in [0, 0.1) is 0 Å². The van der Waals surface area contributed by atoms with Crippen LogP contribution in [0.15, 0.2) is 47.3 Å². The van der Waals surface area contributed by atoms with Crippen LogP contribution in [0.1, 0.15) is 15.9 Å². The maximum atomic E-state index is 12.6. The minimum Gasteiger partial charge on any atom is -0.478 e. The van der Waals surface area contributed by atoms with Gasteiger partial charge in [-0.05, 0) is 42.5 Å². The molecule has 0 aliphatic heterocycles. The number of aromatic nitrogens is 2.